The highest BCUT2D eigenvalue weighted by Gasteiger charge is 2.25. The molecular formula is C11H18N4O3. The first-order chi connectivity index (χ1) is 8.50. The van der Waals surface area contributed by atoms with E-state index >= 15 is 0 Å². The minimum Gasteiger partial charge on any atom is -0.394 e. The van der Waals surface area contributed by atoms with E-state index in [4.69, 9.17) is 10.2 Å². The molecule has 0 radical (unpaired) electrons. The minimum atomic E-state index is -1.02. The zero-order valence-corrected chi connectivity index (χ0v) is 10.5. The fourth-order valence-corrected chi connectivity index (χ4v) is 1.28. The summed E-state index contributed by atoms with van der Waals surface area (Å²) in [5.74, 6) is 0.109. The molecule has 0 unspecified atom stereocenters. The number of nitrogens with one attached hydrogen (secondary N) is 1. The van der Waals surface area contributed by atoms with E-state index in [0.717, 1.165) is 0 Å². The Balaban J connectivity index is 2.55. The third-order valence-electron chi connectivity index (χ3n) is 2.41. The molecule has 1 aromatic heterocycles. The molecule has 0 fully saturated rings. The molecule has 1 aromatic rings. The van der Waals surface area contributed by atoms with E-state index in [0.29, 0.717) is 5.95 Å². The highest BCUT2D eigenvalue weighted by Crippen LogP contribution is 2.03. The first-order valence-corrected chi connectivity index (χ1v) is 5.51. The Morgan fingerprint density at radius 1 is 1.39 bits per heavy atom. The Kier molecular flexibility index (Phi) is 4.99. The van der Waals surface area contributed by atoms with Crippen LogP contribution < -0.4 is 10.2 Å². The summed E-state index contributed by atoms with van der Waals surface area (Å²) in [6.45, 7) is 0.936. The summed E-state index contributed by atoms with van der Waals surface area (Å²) >= 11 is 0. The van der Waals surface area contributed by atoms with Crippen molar-refractivity contribution in [3.63, 3.8) is 0 Å². The molecule has 1 heterocycles. The minimum absolute atomic E-state index is 0.0413. The predicted molar refractivity (Wildman–Crippen MR) is 66.0 cm³/mol. The van der Waals surface area contributed by atoms with Gasteiger partial charge in [0.15, 0.2) is 0 Å². The molecular weight excluding hydrogens is 236 g/mol. The molecule has 1 rings (SSSR count). The molecule has 0 atom stereocenters. The van der Waals surface area contributed by atoms with Crippen LogP contribution in [-0.4, -0.2) is 58.4 Å². The summed E-state index contributed by atoms with van der Waals surface area (Å²) in [6, 6.07) is 1.69. The zero-order valence-electron chi connectivity index (χ0n) is 10.5. The number of aliphatic hydroxyl groups excluding tert-OH is 2. The highest BCUT2D eigenvalue weighted by molar-refractivity contribution is 5.81. The van der Waals surface area contributed by atoms with Gasteiger partial charge in [-0.15, -0.1) is 0 Å². The number of hydrogen-bond acceptors (Lipinski definition) is 6. The van der Waals surface area contributed by atoms with Crippen LogP contribution in [0.25, 0.3) is 0 Å². The zero-order chi connectivity index (χ0) is 13.6. The first kappa shape index (κ1) is 14.3. The smallest absolute Gasteiger partial charge is 0.240 e. The van der Waals surface area contributed by atoms with Crippen LogP contribution in [0.15, 0.2) is 18.5 Å². The quantitative estimate of drug-likeness (QED) is 0.588. The topological polar surface area (TPSA) is 98.6 Å². The summed E-state index contributed by atoms with van der Waals surface area (Å²) in [4.78, 5) is 21.3. The van der Waals surface area contributed by atoms with E-state index in [9.17, 15) is 4.79 Å². The average molecular weight is 254 g/mol. The van der Waals surface area contributed by atoms with E-state index in [1.54, 1.807) is 37.3 Å². The summed E-state index contributed by atoms with van der Waals surface area (Å²) in [7, 11) is 1.68. The van der Waals surface area contributed by atoms with Gasteiger partial charge >= 0.3 is 0 Å². The molecule has 0 spiro atoms. The largest absolute Gasteiger partial charge is 0.394 e. The van der Waals surface area contributed by atoms with Crippen molar-refractivity contribution in [2.75, 3.05) is 31.7 Å². The predicted octanol–water partition coefficient (Wildman–Crippen LogP) is -1.23. The highest BCUT2D eigenvalue weighted by atomic mass is 16.3. The van der Waals surface area contributed by atoms with Crippen LogP contribution in [0.1, 0.15) is 6.92 Å². The molecule has 100 valence electrons. The van der Waals surface area contributed by atoms with Crippen LogP contribution in [0.3, 0.4) is 0 Å². The van der Waals surface area contributed by atoms with Crippen LogP contribution in [0.5, 0.6) is 0 Å². The maximum Gasteiger partial charge on any atom is 0.240 e. The van der Waals surface area contributed by atoms with Crippen molar-refractivity contribution in [3.05, 3.63) is 18.5 Å². The Hall–Kier alpha value is -1.73. The van der Waals surface area contributed by atoms with Crippen LogP contribution in [0, 0.1) is 0 Å². The number of likely N-dealkylation sites (N-methyl/N-ethyl adjacent to an activating group) is 1. The molecule has 18 heavy (non-hydrogen) atoms. The number of hydrogen-bond donors (Lipinski definition) is 3. The molecule has 3 N–H and O–H groups in total. The maximum atomic E-state index is 11.7. The van der Waals surface area contributed by atoms with Gasteiger partial charge in [-0.3, -0.25) is 4.79 Å². The number of aliphatic hydroxyl groups is 2. The molecule has 0 aliphatic carbocycles. The molecule has 1 amide bonds. The lowest BCUT2D eigenvalue weighted by Crippen LogP contribution is -2.54. The maximum absolute atomic E-state index is 11.7. The number of carbonyl (C=O) groups excluding carboxylic acids is 1. The van der Waals surface area contributed by atoms with Crippen molar-refractivity contribution in [1.82, 2.24) is 15.3 Å². The van der Waals surface area contributed by atoms with Gasteiger partial charge in [0.25, 0.3) is 0 Å². The Morgan fingerprint density at radius 2 is 1.94 bits per heavy atom. The molecule has 0 aromatic carbocycles. The first-order valence-electron chi connectivity index (χ1n) is 5.51. The van der Waals surface area contributed by atoms with Crippen LogP contribution in [0.4, 0.5) is 5.95 Å². The molecule has 0 aliphatic rings. The van der Waals surface area contributed by atoms with Crippen LogP contribution >= 0.6 is 0 Å². The van der Waals surface area contributed by atoms with Gasteiger partial charge < -0.3 is 20.4 Å². The van der Waals surface area contributed by atoms with E-state index in [-0.39, 0.29) is 25.7 Å². The molecule has 0 saturated carbocycles. The lowest BCUT2D eigenvalue weighted by Gasteiger charge is -2.27. The van der Waals surface area contributed by atoms with Gasteiger partial charge in [0, 0.05) is 19.4 Å². The fourth-order valence-electron chi connectivity index (χ4n) is 1.28. The Bertz CT molecular complexity index is 381. The van der Waals surface area contributed by atoms with Gasteiger partial charge in [-0.2, -0.15) is 0 Å². The fraction of sp³-hybridized carbons (Fsp3) is 0.545. The van der Waals surface area contributed by atoms with Crippen molar-refractivity contribution < 1.29 is 15.0 Å². The van der Waals surface area contributed by atoms with E-state index in [1.165, 1.54) is 0 Å². The molecule has 0 saturated heterocycles. The molecule has 0 aliphatic heterocycles. The van der Waals surface area contributed by atoms with Gasteiger partial charge in [-0.05, 0) is 13.0 Å². The van der Waals surface area contributed by atoms with E-state index in [2.05, 4.69) is 15.3 Å². The van der Waals surface area contributed by atoms with Gasteiger partial charge in [-0.1, -0.05) is 0 Å². The average Bonchev–Trinajstić information content (AvgIpc) is 2.39. The Labute approximate surface area is 105 Å². The summed E-state index contributed by atoms with van der Waals surface area (Å²) in [5, 5.41) is 20.7. The lowest BCUT2D eigenvalue weighted by atomic mass is 10.1. The molecule has 7 heteroatoms. The molecule has 7 nitrogen and oxygen atoms in total. The monoisotopic (exact) mass is 254 g/mol. The molecule has 0 bridgehead atoms. The third kappa shape index (κ3) is 3.94. The van der Waals surface area contributed by atoms with Crippen molar-refractivity contribution in [2.45, 2.75) is 12.5 Å². The van der Waals surface area contributed by atoms with Crippen molar-refractivity contribution in [2.24, 2.45) is 0 Å². The second-order valence-electron chi connectivity index (χ2n) is 4.33. The number of carbonyl (C=O) groups is 1. The lowest BCUT2D eigenvalue weighted by molar-refractivity contribution is -0.122. The standard InChI is InChI=1S/C11H18N4O3/c1-11(7-16,8-17)14-9(18)6-15(2)10-12-4-3-5-13-10/h3-5,16-17H,6-8H2,1-2H3,(H,14,18). The number of amides is 1. The van der Waals surface area contributed by atoms with Crippen molar-refractivity contribution >= 4 is 11.9 Å². The van der Waals surface area contributed by atoms with Gasteiger partial charge in [0.2, 0.25) is 11.9 Å². The summed E-state index contributed by atoms with van der Waals surface area (Å²) < 4.78 is 0. The number of nitrogens with zero attached hydrogens (tertiary/aromatic N) is 3. The van der Waals surface area contributed by atoms with E-state index in [1.807, 2.05) is 0 Å². The van der Waals surface area contributed by atoms with Crippen molar-refractivity contribution in [1.29, 1.82) is 0 Å². The van der Waals surface area contributed by atoms with Gasteiger partial charge in [-0.25, -0.2) is 9.97 Å². The number of aromatic nitrogens is 2. The third-order valence-corrected chi connectivity index (χ3v) is 2.41. The van der Waals surface area contributed by atoms with Gasteiger partial charge in [0.05, 0.1) is 25.3 Å². The normalized spacial score (nSPS) is 11.1. The summed E-state index contributed by atoms with van der Waals surface area (Å²) in [6.07, 6.45) is 3.17. The summed E-state index contributed by atoms with van der Waals surface area (Å²) in [5.41, 5.74) is -1.02. The van der Waals surface area contributed by atoms with Gasteiger partial charge in [0.1, 0.15) is 0 Å². The van der Waals surface area contributed by atoms with Crippen molar-refractivity contribution in [3.8, 4) is 0 Å². The number of anilines is 1. The SMILES string of the molecule is CN(CC(=O)NC(C)(CO)CO)c1ncccn1. The second-order valence-corrected chi connectivity index (χ2v) is 4.33. The van der Waals surface area contributed by atoms with Crippen LogP contribution in [-0.2, 0) is 4.79 Å². The van der Waals surface area contributed by atoms with E-state index < -0.39 is 5.54 Å². The van der Waals surface area contributed by atoms with Crippen LogP contribution in [0.2, 0.25) is 0 Å². The number of rotatable bonds is 6. The Morgan fingerprint density at radius 3 is 2.44 bits per heavy atom. The second kappa shape index (κ2) is 6.27.